The number of alkyl halides is 3. The first-order chi connectivity index (χ1) is 10.3. The molecule has 0 aliphatic heterocycles. The number of ether oxygens (including phenoxy) is 1. The fraction of sp³-hybridized carbons (Fsp3) is 0.533. The minimum absolute atomic E-state index is 0. The van der Waals surface area contributed by atoms with E-state index in [-0.39, 0.29) is 35.7 Å². The highest BCUT2D eigenvalue weighted by atomic mass is 35.5. The summed E-state index contributed by atoms with van der Waals surface area (Å²) in [4.78, 5) is 12.0. The molecular weight excluding hydrogens is 333 g/mol. The predicted octanol–water partition coefficient (Wildman–Crippen LogP) is 3.71. The monoisotopic (exact) mass is 354 g/mol. The second kappa shape index (κ2) is 9.62. The second-order valence-corrected chi connectivity index (χ2v) is 5.01. The van der Waals surface area contributed by atoms with Crippen LogP contribution in [0.5, 0.6) is 5.75 Å². The molecule has 0 aromatic heterocycles. The molecule has 4 nitrogen and oxygen atoms in total. The van der Waals surface area contributed by atoms with Crippen molar-refractivity contribution >= 4 is 24.0 Å². The first-order valence-electron chi connectivity index (χ1n) is 7.09. The second-order valence-electron chi connectivity index (χ2n) is 5.01. The van der Waals surface area contributed by atoms with Gasteiger partial charge in [-0.2, -0.15) is 13.2 Å². The summed E-state index contributed by atoms with van der Waals surface area (Å²) in [5.41, 5.74) is -0.788. The van der Waals surface area contributed by atoms with Crippen LogP contribution in [-0.2, 0) is 11.0 Å². The van der Waals surface area contributed by atoms with Gasteiger partial charge in [0.2, 0.25) is 5.91 Å². The molecule has 0 spiro atoms. The fourth-order valence-corrected chi connectivity index (χ4v) is 1.80. The number of carbonyl (C=O) groups is 1. The average Bonchev–Trinajstić information content (AvgIpc) is 2.45. The van der Waals surface area contributed by atoms with Crippen molar-refractivity contribution in [1.82, 2.24) is 5.32 Å². The molecule has 1 amide bonds. The van der Waals surface area contributed by atoms with E-state index in [9.17, 15) is 18.0 Å². The van der Waals surface area contributed by atoms with Gasteiger partial charge in [-0.05, 0) is 31.7 Å². The van der Waals surface area contributed by atoms with Crippen LogP contribution >= 0.6 is 12.4 Å². The quantitative estimate of drug-likeness (QED) is 0.784. The third kappa shape index (κ3) is 6.66. The van der Waals surface area contributed by atoms with Crippen molar-refractivity contribution in [1.29, 1.82) is 0 Å². The minimum Gasteiger partial charge on any atom is -0.491 e. The van der Waals surface area contributed by atoms with E-state index in [1.54, 1.807) is 14.0 Å². The molecule has 1 aromatic rings. The fourth-order valence-electron chi connectivity index (χ4n) is 1.80. The van der Waals surface area contributed by atoms with E-state index in [1.807, 2.05) is 6.92 Å². The van der Waals surface area contributed by atoms with Crippen LogP contribution in [0, 0.1) is 5.92 Å². The van der Waals surface area contributed by atoms with Crippen molar-refractivity contribution in [2.75, 3.05) is 25.5 Å². The molecule has 0 bridgehead atoms. The van der Waals surface area contributed by atoms with Crippen LogP contribution in [0.3, 0.4) is 0 Å². The molecule has 1 atom stereocenters. The van der Waals surface area contributed by atoms with Crippen molar-refractivity contribution in [2.24, 2.45) is 5.92 Å². The largest absolute Gasteiger partial charge is 0.491 e. The zero-order valence-electron chi connectivity index (χ0n) is 13.3. The molecule has 1 aromatic carbocycles. The van der Waals surface area contributed by atoms with Crippen LogP contribution in [0.25, 0.3) is 0 Å². The number of rotatable bonds is 7. The highest BCUT2D eigenvalue weighted by Crippen LogP contribution is 2.35. The molecule has 8 heteroatoms. The Morgan fingerprint density at radius 3 is 2.52 bits per heavy atom. The van der Waals surface area contributed by atoms with E-state index in [0.717, 1.165) is 12.1 Å². The molecule has 1 unspecified atom stereocenters. The highest BCUT2D eigenvalue weighted by molar-refractivity contribution is 5.94. The van der Waals surface area contributed by atoms with Crippen molar-refractivity contribution in [3.63, 3.8) is 0 Å². The number of nitrogens with one attached hydrogen (secondary N) is 2. The van der Waals surface area contributed by atoms with Crippen LogP contribution in [0.1, 0.15) is 25.8 Å². The van der Waals surface area contributed by atoms with Gasteiger partial charge < -0.3 is 15.4 Å². The molecule has 2 N–H and O–H groups in total. The maximum atomic E-state index is 12.8. The summed E-state index contributed by atoms with van der Waals surface area (Å²) in [5.74, 6) is -0.506. The van der Waals surface area contributed by atoms with E-state index < -0.39 is 11.7 Å². The SMILES string of the molecule is CCCOc1ccc(C(F)(F)F)cc1NC(=O)C(C)CNC.Cl. The normalized spacial score (nSPS) is 12.3. The van der Waals surface area contributed by atoms with Crippen LogP contribution in [0.4, 0.5) is 18.9 Å². The van der Waals surface area contributed by atoms with Crippen LogP contribution < -0.4 is 15.4 Å². The number of hydrogen-bond donors (Lipinski definition) is 2. The summed E-state index contributed by atoms with van der Waals surface area (Å²) in [6.07, 6.45) is -3.76. The van der Waals surface area contributed by atoms with Crippen molar-refractivity contribution in [3.05, 3.63) is 23.8 Å². The number of anilines is 1. The molecule has 0 aliphatic rings. The number of halogens is 4. The average molecular weight is 355 g/mol. The Morgan fingerprint density at radius 1 is 1.35 bits per heavy atom. The summed E-state index contributed by atoms with van der Waals surface area (Å²) in [6, 6.07) is 3.07. The molecule has 0 heterocycles. The van der Waals surface area contributed by atoms with E-state index in [2.05, 4.69) is 10.6 Å². The zero-order valence-corrected chi connectivity index (χ0v) is 14.1. The zero-order chi connectivity index (χ0) is 16.8. The Kier molecular flexibility index (Phi) is 9.01. The van der Waals surface area contributed by atoms with Crippen LogP contribution in [0.2, 0.25) is 0 Å². The van der Waals surface area contributed by atoms with Gasteiger partial charge in [-0.3, -0.25) is 4.79 Å². The summed E-state index contributed by atoms with van der Waals surface area (Å²) in [7, 11) is 1.70. The standard InChI is InChI=1S/C15H21F3N2O2.ClH/c1-4-7-22-13-6-5-11(15(16,17)18)8-12(13)20-14(21)10(2)9-19-3;/h5-6,8,10,19H,4,7,9H2,1-3H3,(H,20,21);1H. The van der Waals surface area contributed by atoms with Crippen molar-refractivity contribution in [3.8, 4) is 5.75 Å². The maximum absolute atomic E-state index is 12.8. The molecule has 0 saturated carbocycles. The lowest BCUT2D eigenvalue weighted by atomic mass is 10.1. The van der Waals surface area contributed by atoms with E-state index >= 15 is 0 Å². The van der Waals surface area contributed by atoms with Gasteiger partial charge in [-0.15, -0.1) is 12.4 Å². The smallest absolute Gasteiger partial charge is 0.416 e. The summed E-state index contributed by atoms with van der Waals surface area (Å²) >= 11 is 0. The first kappa shape index (κ1) is 21.5. The van der Waals surface area contributed by atoms with Crippen molar-refractivity contribution in [2.45, 2.75) is 26.4 Å². The number of hydrogen-bond acceptors (Lipinski definition) is 3. The van der Waals surface area contributed by atoms with Gasteiger partial charge >= 0.3 is 6.18 Å². The lowest BCUT2D eigenvalue weighted by Gasteiger charge is -2.17. The van der Waals surface area contributed by atoms with Gasteiger partial charge in [-0.25, -0.2) is 0 Å². The summed E-state index contributed by atoms with van der Waals surface area (Å²) in [5, 5.41) is 5.36. The molecule has 0 fully saturated rings. The Morgan fingerprint density at radius 2 is 2.00 bits per heavy atom. The van der Waals surface area contributed by atoms with Crippen LogP contribution in [-0.4, -0.2) is 26.1 Å². The van der Waals surface area contributed by atoms with E-state index in [0.29, 0.717) is 19.6 Å². The number of carbonyl (C=O) groups excluding carboxylic acids is 1. The highest BCUT2D eigenvalue weighted by Gasteiger charge is 2.31. The van der Waals surface area contributed by atoms with Gasteiger partial charge in [0, 0.05) is 12.5 Å². The Bertz CT molecular complexity index is 510. The number of amides is 1. The third-order valence-corrected chi connectivity index (χ3v) is 2.98. The molecule has 23 heavy (non-hydrogen) atoms. The van der Waals surface area contributed by atoms with Gasteiger partial charge in [0.25, 0.3) is 0 Å². The molecule has 0 aliphatic carbocycles. The first-order valence-corrected chi connectivity index (χ1v) is 7.09. The van der Waals surface area contributed by atoms with Gasteiger partial charge in [-0.1, -0.05) is 13.8 Å². The van der Waals surface area contributed by atoms with E-state index in [1.165, 1.54) is 6.07 Å². The summed E-state index contributed by atoms with van der Waals surface area (Å²) < 4.78 is 43.8. The molecule has 132 valence electrons. The van der Waals surface area contributed by atoms with E-state index in [4.69, 9.17) is 4.74 Å². The molecule has 0 radical (unpaired) electrons. The molecule has 0 saturated heterocycles. The molecule has 1 rings (SSSR count). The minimum atomic E-state index is -4.47. The van der Waals surface area contributed by atoms with Gasteiger partial charge in [0.05, 0.1) is 17.9 Å². The Labute approximate surface area is 140 Å². The topological polar surface area (TPSA) is 50.4 Å². The lowest BCUT2D eigenvalue weighted by Crippen LogP contribution is -2.29. The lowest BCUT2D eigenvalue weighted by molar-refractivity contribution is -0.137. The Hall–Kier alpha value is -1.47. The maximum Gasteiger partial charge on any atom is 0.416 e. The Balaban J connectivity index is 0.00000484. The van der Waals surface area contributed by atoms with Gasteiger partial charge in [0.1, 0.15) is 5.75 Å². The molecular formula is C15H22ClF3N2O2. The van der Waals surface area contributed by atoms with Crippen molar-refractivity contribution < 1.29 is 22.7 Å². The number of benzene rings is 1. The van der Waals surface area contributed by atoms with Crippen LogP contribution in [0.15, 0.2) is 18.2 Å². The van der Waals surface area contributed by atoms with Gasteiger partial charge in [0.15, 0.2) is 0 Å². The predicted molar refractivity (Wildman–Crippen MR) is 86.2 cm³/mol. The third-order valence-electron chi connectivity index (χ3n) is 2.98. The summed E-state index contributed by atoms with van der Waals surface area (Å²) in [6.45, 7) is 4.36.